The van der Waals surface area contributed by atoms with Gasteiger partial charge in [0.15, 0.2) is 0 Å². The van der Waals surface area contributed by atoms with E-state index in [1.54, 1.807) is 6.20 Å². The molecule has 1 amide bonds. The van der Waals surface area contributed by atoms with Crippen LogP contribution in [0, 0.1) is 5.92 Å². The Hall–Kier alpha value is -1.44. The van der Waals surface area contributed by atoms with Crippen molar-refractivity contribution in [3.05, 3.63) is 18.7 Å². The van der Waals surface area contributed by atoms with Crippen LogP contribution in [-0.2, 0) is 11.3 Å². The molecule has 2 saturated heterocycles. The number of amides is 1. The Bertz CT molecular complexity index is 518. The Labute approximate surface area is 142 Å². The summed E-state index contributed by atoms with van der Waals surface area (Å²) in [6, 6.07) is 0.140. The first-order valence-electron chi connectivity index (χ1n) is 8.94. The number of likely N-dealkylation sites (tertiary alicyclic amines) is 2. The van der Waals surface area contributed by atoms with E-state index in [4.69, 9.17) is 0 Å². The maximum absolute atomic E-state index is 12.4. The fourth-order valence-corrected chi connectivity index (χ4v) is 4.13. The van der Waals surface area contributed by atoms with Gasteiger partial charge in [0.2, 0.25) is 5.91 Å². The number of hydrogen-bond acceptors (Lipinski definition) is 5. The summed E-state index contributed by atoms with van der Waals surface area (Å²) in [5.41, 5.74) is 0. The molecule has 134 valence electrons. The Morgan fingerprint density at radius 3 is 2.79 bits per heavy atom. The summed E-state index contributed by atoms with van der Waals surface area (Å²) >= 11 is 0. The van der Waals surface area contributed by atoms with Crippen molar-refractivity contribution in [2.75, 3.05) is 32.8 Å². The van der Waals surface area contributed by atoms with E-state index in [9.17, 15) is 15.0 Å². The highest BCUT2D eigenvalue weighted by molar-refractivity contribution is 5.77. The molecule has 7 heteroatoms. The topological polar surface area (TPSA) is 81.8 Å². The highest BCUT2D eigenvalue weighted by atomic mass is 16.3. The lowest BCUT2D eigenvalue weighted by Crippen LogP contribution is -2.58. The molecule has 0 spiro atoms. The van der Waals surface area contributed by atoms with Crippen molar-refractivity contribution in [1.82, 2.24) is 19.4 Å². The Morgan fingerprint density at radius 1 is 1.25 bits per heavy atom. The summed E-state index contributed by atoms with van der Waals surface area (Å²) in [7, 11) is 0. The molecule has 3 rings (SSSR count). The second-order valence-electron chi connectivity index (χ2n) is 6.91. The number of fused-ring (bicyclic) bond motifs is 1. The van der Waals surface area contributed by atoms with Gasteiger partial charge in [-0.15, -0.1) is 0 Å². The van der Waals surface area contributed by atoms with Gasteiger partial charge in [-0.1, -0.05) is 0 Å². The van der Waals surface area contributed by atoms with Crippen LogP contribution in [0.5, 0.6) is 0 Å². The third-order valence-electron chi connectivity index (χ3n) is 5.49. The van der Waals surface area contributed by atoms with E-state index in [0.29, 0.717) is 18.4 Å². The van der Waals surface area contributed by atoms with Crippen LogP contribution >= 0.6 is 0 Å². The minimum absolute atomic E-state index is 0.0125. The van der Waals surface area contributed by atoms with Gasteiger partial charge in [-0.3, -0.25) is 9.69 Å². The van der Waals surface area contributed by atoms with Gasteiger partial charge in [0.1, 0.15) is 0 Å². The number of aliphatic hydroxyl groups is 2. The number of carbonyl (C=O) groups excluding carboxylic acids is 1. The van der Waals surface area contributed by atoms with Gasteiger partial charge in [0.05, 0.1) is 25.6 Å². The molecule has 0 aromatic carbocycles. The first-order valence-corrected chi connectivity index (χ1v) is 8.94. The van der Waals surface area contributed by atoms with Gasteiger partial charge in [-0.25, -0.2) is 4.98 Å². The molecule has 0 radical (unpaired) electrons. The first-order chi connectivity index (χ1) is 11.7. The van der Waals surface area contributed by atoms with Crippen LogP contribution in [0.2, 0.25) is 0 Å². The molecule has 7 nitrogen and oxygen atoms in total. The monoisotopic (exact) mass is 336 g/mol. The van der Waals surface area contributed by atoms with E-state index in [2.05, 4.69) is 14.8 Å². The van der Waals surface area contributed by atoms with Crippen molar-refractivity contribution in [1.29, 1.82) is 0 Å². The maximum atomic E-state index is 12.4. The number of piperidine rings is 2. The van der Waals surface area contributed by atoms with Gasteiger partial charge in [0.25, 0.3) is 0 Å². The van der Waals surface area contributed by atoms with Crippen LogP contribution in [0.3, 0.4) is 0 Å². The predicted molar refractivity (Wildman–Crippen MR) is 89.2 cm³/mol. The van der Waals surface area contributed by atoms with Crippen molar-refractivity contribution < 1.29 is 15.0 Å². The number of hydrogen-bond donors (Lipinski definition) is 2. The molecule has 2 aliphatic rings. The van der Waals surface area contributed by atoms with E-state index in [0.717, 1.165) is 45.4 Å². The van der Waals surface area contributed by atoms with Crippen LogP contribution in [0.4, 0.5) is 0 Å². The second kappa shape index (κ2) is 8.09. The number of imidazole rings is 1. The molecule has 24 heavy (non-hydrogen) atoms. The van der Waals surface area contributed by atoms with Crippen molar-refractivity contribution in [2.45, 2.75) is 44.3 Å². The maximum Gasteiger partial charge on any atom is 0.222 e. The minimum Gasteiger partial charge on any atom is -0.395 e. The molecule has 2 atom stereocenters. The van der Waals surface area contributed by atoms with Gasteiger partial charge >= 0.3 is 0 Å². The van der Waals surface area contributed by atoms with Gasteiger partial charge in [-0.05, 0) is 25.2 Å². The van der Waals surface area contributed by atoms with Gasteiger partial charge in [-0.2, -0.15) is 0 Å². The van der Waals surface area contributed by atoms with Crippen LogP contribution in [0.15, 0.2) is 18.7 Å². The average Bonchev–Trinajstić information content (AvgIpc) is 3.11. The van der Waals surface area contributed by atoms with Gasteiger partial charge < -0.3 is 19.7 Å². The molecule has 0 unspecified atom stereocenters. The fraction of sp³-hybridized carbons (Fsp3) is 0.765. The number of aliphatic hydroxyl groups excluding tert-OH is 2. The summed E-state index contributed by atoms with van der Waals surface area (Å²) in [4.78, 5) is 20.7. The number of aryl methyl sites for hydroxylation is 1. The largest absolute Gasteiger partial charge is 0.395 e. The van der Waals surface area contributed by atoms with Crippen LogP contribution < -0.4 is 0 Å². The lowest BCUT2D eigenvalue weighted by Gasteiger charge is -2.48. The standard InChI is InChI=1S/C17H28N4O3/c22-11-15(12-23)20-8-4-16-14(10-20)2-3-17(24)21(16)7-1-6-19-9-5-18-13-19/h5,9,13-16,22-23H,1-4,6-8,10-12H2/t14-,16+/m0/s1. The lowest BCUT2D eigenvalue weighted by molar-refractivity contribution is -0.142. The summed E-state index contributed by atoms with van der Waals surface area (Å²) in [5, 5.41) is 18.8. The molecular weight excluding hydrogens is 308 g/mol. The Kier molecular flexibility index (Phi) is 5.86. The van der Waals surface area contributed by atoms with E-state index < -0.39 is 0 Å². The zero-order valence-electron chi connectivity index (χ0n) is 14.1. The molecular formula is C17H28N4O3. The minimum atomic E-state index is -0.168. The highest BCUT2D eigenvalue weighted by Gasteiger charge is 2.40. The zero-order chi connectivity index (χ0) is 16.9. The molecule has 1 aromatic rings. The molecule has 0 saturated carbocycles. The predicted octanol–water partition coefficient (Wildman–Crippen LogP) is -0.0607. The quantitative estimate of drug-likeness (QED) is 0.729. The number of rotatable bonds is 7. The molecule has 0 bridgehead atoms. The van der Waals surface area contributed by atoms with Crippen molar-refractivity contribution in [3.63, 3.8) is 0 Å². The normalized spacial score (nSPS) is 25.3. The van der Waals surface area contributed by atoms with Gasteiger partial charge in [0, 0.05) is 51.0 Å². The second-order valence-corrected chi connectivity index (χ2v) is 6.91. The SMILES string of the molecule is O=C1CC[C@H]2CN(C(CO)CO)CC[C@H]2N1CCCn1ccnc1. The first kappa shape index (κ1) is 17.4. The van der Waals surface area contributed by atoms with Crippen molar-refractivity contribution in [2.24, 2.45) is 5.92 Å². The van der Waals surface area contributed by atoms with Crippen LogP contribution in [-0.4, -0.2) is 80.4 Å². The lowest BCUT2D eigenvalue weighted by atomic mass is 9.83. The highest BCUT2D eigenvalue weighted by Crippen LogP contribution is 2.32. The summed E-state index contributed by atoms with van der Waals surface area (Å²) in [6.07, 6.45) is 8.93. The Balaban J connectivity index is 1.56. The fourth-order valence-electron chi connectivity index (χ4n) is 4.13. The third kappa shape index (κ3) is 3.79. The third-order valence-corrected chi connectivity index (χ3v) is 5.49. The van der Waals surface area contributed by atoms with Crippen LogP contribution in [0.25, 0.3) is 0 Å². The van der Waals surface area contributed by atoms with E-state index in [-0.39, 0.29) is 25.2 Å². The number of aromatic nitrogens is 2. The smallest absolute Gasteiger partial charge is 0.222 e. The van der Waals surface area contributed by atoms with Crippen molar-refractivity contribution >= 4 is 5.91 Å². The molecule has 3 heterocycles. The van der Waals surface area contributed by atoms with E-state index in [1.807, 2.05) is 17.1 Å². The average molecular weight is 336 g/mol. The number of nitrogens with zero attached hydrogens (tertiary/aromatic N) is 4. The molecule has 2 N–H and O–H groups in total. The van der Waals surface area contributed by atoms with Crippen molar-refractivity contribution in [3.8, 4) is 0 Å². The summed E-state index contributed by atoms with van der Waals surface area (Å²) in [6.45, 7) is 3.34. The number of carbonyl (C=O) groups is 1. The van der Waals surface area contributed by atoms with E-state index >= 15 is 0 Å². The summed E-state index contributed by atoms with van der Waals surface area (Å²) < 4.78 is 2.04. The van der Waals surface area contributed by atoms with Crippen LogP contribution in [0.1, 0.15) is 25.7 Å². The zero-order valence-corrected chi connectivity index (χ0v) is 14.1. The van der Waals surface area contributed by atoms with E-state index in [1.165, 1.54) is 0 Å². The molecule has 1 aromatic heterocycles. The Morgan fingerprint density at radius 2 is 2.08 bits per heavy atom. The molecule has 0 aliphatic carbocycles. The molecule has 2 fully saturated rings. The summed E-state index contributed by atoms with van der Waals surface area (Å²) in [5.74, 6) is 0.724. The molecule has 2 aliphatic heterocycles.